The van der Waals surface area contributed by atoms with E-state index < -0.39 is 0 Å². The number of benzene rings is 1. The van der Waals surface area contributed by atoms with E-state index in [0.717, 1.165) is 24.4 Å². The van der Waals surface area contributed by atoms with Crippen molar-refractivity contribution >= 4 is 12.0 Å². The van der Waals surface area contributed by atoms with Gasteiger partial charge in [0.25, 0.3) is 5.91 Å². The van der Waals surface area contributed by atoms with E-state index in [-0.39, 0.29) is 11.5 Å². The van der Waals surface area contributed by atoms with Crippen molar-refractivity contribution in [3.8, 4) is 5.75 Å². The summed E-state index contributed by atoms with van der Waals surface area (Å²) in [6.07, 6.45) is 3.99. The quantitative estimate of drug-likeness (QED) is 0.833. The maximum atomic E-state index is 12.5. The van der Waals surface area contributed by atoms with Gasteiger partial charge in [-0.05, 0) is 45.9 Å². The third kappa shape index (κ3) is 2.65. The lowest BCUT2D eigenvalue weighted by molar-refractivity contribution is 0.0770. The summed E-state index contributed by atoms with van der Waals surface area (Å²) in [6, 6.07) is 5.66. The number of fused-ring (bicyclic) bond motifs is 1. The average Bonchev–Trinajstić information content (AvgIpc) is 2.37. The van der Waals surface area contributed by atoms with Crippen molar-refractivity contribution in [1.29, 1.82) is 0 Å². The van der Waals surface area contributed by atoms with E-state index in [1.165, 1.54) is 0 Å². The van der Waals surface area contributed by atoms with E-state index in [1.54, 1.807) is 0 Å². The SMILES string of the molecule is CCN(CC)C(=O)c1cccc2c1C=CC(C)(C)O2. The minimum atomic E-state index is -0.316. The first kappa shape index (κ1) is 13.7. The molecule has 1 amide bonds. The second kappa shape index (κ2) is 5.08. The van der Waals surface area contributed by atoms with Crippen LogP contribution in [0.3, 0.4) is 0 Å². The largest absolute Gasteiger partial charge is 0.483 e. The topological polar surface area (TPSA) is 29.5 Å². The van der Waals surface area contributed by atoms with Crippen LogP contribution in [0.15, 0.2) is 24.3 Å². The molecule has 0 fully saturated rings. The van der Waals surface area contributed by atoms with Crippen LogP contribution in [0.1, 0.15) is 43.6 Å². The van der Waals surface area contributed by atoms with E-state index in [2.05, 4.69) is 0 Å². The van der Waals surface area contributed by atoms with Crippen LogP contribution in [0, 0.1) is 0 Å². The molecular weight excluding hydrogens is 238 g/mol. The molecule has 0 aromatic heterocycles. The van der Waals surface area contributed by atoms with Gasteiger partial charge < -0.3 is 9.64 Å². The predicted octanol–water partition coefficient (Wildman–Crippen LogP) is 3.35. The minimum absolute atomic E-state index is 0.0646. The molecular formula is C16H21NO2. The summed E-state index contributed by atoms with van der Waals surface area (Å²) < 4.78 is 5.90. The second-order valence-electron chi connectivity index (χ2n) is 5.23. The third-order valence-electron chi connectivity index (χ3n) is 3.37. The average molecular weight is 259 g/mol. The van der Waals surface area contributed by atoms with E-state index in [4.69, 9.17) is 4.74 Å². The van der Waals surface area contributed by atoms with Gasteiger partial charge in [0.05, 0.1) is 5.56 Å². The first-order chi connectivity index (χ1) is 8.98. The molecule has 0 atom stereocenters. The fourth-order valence-electron chi connectivity index (χ4n) is 2.27. The van der Waals surface area contributed by atoms with Gasteiger partial charge in [-0.15, -0.1) is 0 Å². The lowest BCUT2D eigenvalue weighted by Crippen LogP contribution is -2.32. The molecule has 1 aromatic rings. The van der Waals surface area contributed by atoms with Crippen molar-refractivity contribution in [3.05, 3.63) is 35.4 Å². The number of ether oxygens (including phenoxy) is 1. The number of nitrogens with zero attached hydrogens (tertiary/aromatic N) is 1. The van der Waals surface area contributed by atoms with Crippen molar-refractivity contribution in [2.24, 2.45) is 0 Å². The highest BCUT2D eigenvalue weighted by Crippen LogP contribution is 2.33. The van der Waals surface area contributed by atoms with Crippen molar-refractivity contribution < 1.29 is 9.53 Å². The highest BCUT2D eigenvalue weighted by Gasteiger charge is 2.25. The molecule has 0 aliphatic carbocycles. The highest BCUT2D eigenvalue weighted by molar-refractivity contribution is 5.99. The Morgan fingerprint density at radius 1 is 1.26 bits per heavy atom. The molecule has 3 nitrogen and oxygen atoms in total. The zero-order valence-corrected chi connectivity index (χ0v) is 12.1. The van der Waals surface area contributed by atoms with Crippen molar-refractivity contribution in [2.45, 2.75) is 33.3 Å². The maximum Gasteiger partial charge on any atom is 0.254 e. The Kier molecular flexibility index (Phi) is 3.65. The van der Waals surface area contributed by atoms with Crippen molar-refractivity contribution in [2.75, 3.05) is 13.1 Å². The highest BCUT2D eigenvalue weighted by atomic mass is 16.5. The summed E-state index contributed by atoms with van der Waals surface area (Å²) in [5, 5.41) is 0. The molecule has 0 saturated carbocycles. The summed E-state index contributed by atoms with van der Waals surface area (Å²) in [7, 11) is 0. The Hall–Kier alpha value is -1.77. The number of amides is 1. The van der Waals surface area contributed by atoms with Crippen molar-refractivity contribution in [3.63, 3.8) is 0 Å². The van der Waals surface area contributed by atoms with Crippen LogP contribution in [-0.4, -0.2) is 29.5 Å². The van der Waals surface area contributed by atoms with Gasteiger partial charge in [-0.3, -0.25) is 4.79 Å². The van der Waals surface area contributed by atoms with E-state index >= 15 is 0 Å². The summed E-state index contributed by atoms with van der Waals surface area (Å²) in [6.45, 7) is 9.43. The molecule has 3 heteroatoms. The summed E-state index contributed by atoms with van der Waals surface area (Å²) >= 11 is 0. The normalized spacial score (nSPS) is 15.6. The van der Waals surface area contributed by atoms with Gasteiger partial charge >= 0.3 is 0 Å². The van der Waals surface area contributed by atoms with Crippen LogP contribution < -0.4 is 4.74 Å². The molecule has 1 aromatic carbocycles. The molecule has 0 spiro atoms. The van der Waals surface area contributed by atoms with E-state index in [9.17, 15) is 4.79 Å². The van der Waals surface area contributed by atoms with Gasteiger partial charge in [0, 0.05) is 18.7 Å². The third-order valence-corrected chi connectivity index (χ3v) is 3.37. The Bertz CT molecular complexity index is 513. The summed E-state index contributed by atoms with van der Waals surface area (Å²) in [4.78, 5) is 14.3. The van der Waals surface area contributed by atoms with Crippen LogP contribution in [0.5, 0.6) is 5.75 Å². The van der Waals surface area contributed by atoms with Crippen LogP contribution in [0.25, 0.3) is 6.08 Å². The second-order valence-corrected chi connectivity index (χ2v) is 5.23. The monoisotopic (exact) mass is 259 g/mol. The smallest absolute Gasteiger partial charge is 0.254 e. The van der Waals surface area contributed by atoms with Crippen LogP contribution in [-0.2, 0) is 0 Å². The zero-order valence-electron chi connectivity index (χ0n) is 12.1. The molecule has 1 aliphatic heterocycles. The Morgan fingerprint density at radius 2 is 1.95 bits per heavy atom. The van der Waals surface area contributed by atoms with Crippen LogP contribution >= 0.6 is 0 Å². The van der Waals surface area contributed by atoms with E-state index in [1.807, 2.05) is 62.9 Å². The first-order valence-corrected chi connectivity index (χ1v) is 6.79. The number of carbonyl (C=O) groups excluding carboxylic acids is 1. The molecule has 0 unspecified atom stereocenters. The molecule has 0 bridgehead atoms. The number of hydrogen-bond acceptors (Lipinski definition) is 2. The maximum absolute atomic E-state index is 12.5. The molecule has 1 heterocycles. The number of rotatable bonds is 3. The standard InChI is InChI=1S/C16H21NO2/c1-5-17(6-2)15(18)13-8-7-9-14-12(13)10-11-16(3,4)19-14/h7-11H,5-6H2,1-4H3. The molecule has 102 valence electrons. The molecule has 19 heavy (non-hydrogen) atoms. The Labute approximate surface area is 114 Å². The summed E-state index contributed by atoms with van der Waals surface area (Å²) in [5.41, 5.74) is 1.29. The first-order valence-electron chi connectivity index (χ1n) is 6.79. The Morgan fingerprint density at radius 3 is 2.58 bits per heavy atom. The van der Waals surface area contributed by atoms with Gasteiger partial charge in [-0.25, -0.2) is 0 Å². The molecule has 2 rings (SSSR count). The lowest BCUT2D eigenvalue weighted by Gasteiger charge is -2.29. The van der Waals surface area contributed by atoms with Gasteiger partial charge in [0.15, 0.2) is 0 Å². The van der Waals surface area contributed by atoms with Crippen LogP contribution in [0.2, 0.25) is 0 Å². The fourth-order valence-corrected chi connectivity index (χ4v) is 2.27. The predicted molar refractivity (Wildman–Crippen MR) is 77.4 cm³/mol. The zero-order chi connectivity index (χ0) is 14.0. The van der Waals surface area contributed by atoms with Crippen molar-refractivity contribution in [1.82, 2.24) is 4.90 Å². The van der Waals surface area contributed by atoms with Crippen LogP contribution in [0.4, 0.5) is 0 Å². The number of hydrogen-bond donors (Lipinski definition) is 0. The van der Waals surface area contributed by atoms with Gasteiger partial charge in [0.2, 0.25) is 0 Å². The molecule has 0 N–H and O–H groups in total. The fraction of sp³-hybridized carbons (Fsp3) is 0.438. The molecule has 1 aliphatic rings. The van der Waals surface area contributed by atoms with E-state index in [0.29, 0.717) is 5.56 Å². The molecule has 0 saturated heterocycles. The van der Waals surface area contributed by atoms with Gasteiger partial charge in [0.1, 0.15) is 11.4 Å². The summed E-state index contributed by atoms with van der Waals surface area (Å²) in [5.74, 6) is 0.848. The van der Waals surface area contributed by atoms with Gasteiger partial charge in [-0.1, -0.05) is 12.1 Å². The lowest BCUT2D eigenvalue weighted by atomic mass is 9.98. The minimum Gasteiger partial charge on any atom is -0.483 e. The Balaban J connectivity index is 2.42. The molecule has 0 radical (unpaired) electrons. The number of carbonyl (C=O) groups is 1. The van der Waals surface area contributed by atoms with Gasteiger partial charge in [-0.2, -0.15) is 0 Å².